The van der Waals surface area contributed by atoms with Crippen LogP contribution in [0.25, 0.3) is 0 Å². The predicted molar refractivity (Wildman–Crippen MR) is 86.8 cm³/mol. The molecule has 0 unspecified atom stereocenters. The summed E-state index contributed by atoms with van der Waals surface area (Å²) in [5.74, 6) is 0. The number of allylic oxidation sites excluding steroid dienone is 1. The van der Waals surface area contributed by atoms with Gasteiger partial charge >= 0.3 is 0 Å². The lowest BCUT2D eigenvalue weighted by Crippen LogP contribution is -2.33. The number of hydrogen-bond acceptors (Lipinski definition) is 2. The molecular weight excluding hydrogens is 246 g/mol. The molecule has 0 aliphatic carbocycles. The minimum Gasteiger partial charge on any atom is -0.394 e. The quantitative estimate of drug-likeness (QED) is 0.540. The fourth-order valence-corrected chi connectivity index (χ4v) is 2.37. The van der Waals surface area contributed by atoms with E-state index in [-0.39, 0.29) is 12.6 Å². The smallest absolute Gasteiger partial charge is 0.0628 e. The molecule has 0 amide bonds. The van der Waals surface area contributed by atoms with Crippen molar-refractivity contribution in [2.24, 2.45) is 0 Å². The topological polar surface area (TPSA) is 23.5 Å². The molecule has 0 aromatic heterocycles. The average Bonchev–Trinajstić information content (AvgIpc) is 2.48. The van der Waals surface area contributed by atoms with Gasteiger partial charge in [-0.2, -0.15) is 0 Å². The number of nitrogens with zero attached hydrogens (tertiary/aromatic N) is 1. The van der Waals surface area contributed by atoms with Gasteiger partial charge in [0.15, 0.2) is 0 Å². The van der Waals surface area contributed by atoms with Crippen LogP contribution in [0.3, 0.4) is 0 Å². The molecule has 1 aromatic carbocycles. The summed E-state index contributed by atoms with van der Waals surface area (Å²) in [4.78, 5) is 2.23. The van der Waals surface area contributed by atoms with Crippen molar-refractivity contribution in [3.8, 4) is 0 Å². The Hall–Kier alpha value is -1.12. The summed E-state index contributed by atoms with van der Waals surface area (Å²) in [5.41, 5.74) is 1.17. The van der Waals surface area contributed by atoms with Gasteiger partial charge in [0.25, 0.3) is 0 Å². The number of aliphatic hydroxyl groups is 1. The molecule has 0 radical (unpaired) electrons. The van der Waals surface area contributed by atoms with Gasteiger partial charge in [-0.25, -0.2) is 0 Å². The molecule has 2 nitrogen and oxygen atoms in total. The molecule has 1 aromatic rings. The molecule has 0 heterocycles. The summed E-state index contributed by atoms with van der Waals surface area (Å²) in [6, 6.07) is 10.6. The first kappa shape index (κ1) is 16.9. The Bertz CT molecular complexity index is 374. The van der Waals surface area contributed by atoms with Crippen LogP contribution >= 0.6 is 0 Å². The van der Waals surface area contributed by atoms with Crippen molar-refractivity contribution in [3.05, 3.63) is 48.0 Å². The zero-order valence-electron chi connectivity index (χ0n) is 13.1. The second-order valence-electron chi connectivity index (χ2n) is 5.44. The maximum Gasteiger partial charge on any atom is 0.0628 e. The van der Waals surface area contributed by atoms with E-state index in [9.17, 15) is 5.11 Å². The molecule has 0 bridgehead atoms. The standard InChI is InChI=1S/C18H29NO/c1-4-5-6-7-9-12-16(2)19(3)18(15-20)17-13-10-8-11-14-17/h8-14,16,18,20H,4-7,15H2,1-3H3/b12-9+/t16-,18+/m1/s1. The first-order chi connectivity index (χ1) is 9.70. The predicted octanol–water partition coefficient (Wildman–Crippen LogP) is 4.18. The Balaban J connectivity index is 2.55. The molecule has 112 valence electrons. The van der Waals surface area contributed by atoms with Crippen LogP contribution in [-0.2, 0) is 0 Å². The lowest BCUT2D eigenvalue weighted by atomic mass is 10.0. The second kappa shape index (κ2) is 9.73. The third-order valence-corrected chi connectivity index (χ3v) is 3.88. The Labute approximate surface area is 124 Å². The number of aliphatic hydroxyl groups excluding tert-OH is 1. The van der Waals surface area contributed by atoms with Crippen LogP contribution in [0, 0.1) is 0 Å². The highest BCUT2D eigenvalue weighted by Gasteiger charge is 2.18. The molecule has 2 heteroatoms. The van der Waals surface area contributed by atoms with Gasteiger partial charge in [-0.05, 0) is 32.4 Å². The van der Waals surface area contributed by atoms with Gasteiger partial charge < -0.3 is 5.11 Å². The van der Waals surface area contributed by atoms with Gasteiger partial charge in [0.1, 0.15) is 0 Å². The Morgan fingerprint density at radius 2 is 1.90 bits per heavy atom. The summed E-state index contributed by atoms with van der Waals surface area (Å²) in [6.07, 6.45) is 9.52. The van der Waals surface area contributed by atoms with Crippen LogP contribution in [0.4, 0.5) is 0 Å². The van der Waals surface area contributed by atoms with E-state index >= 15 is 0 Å². The van der Waals surface area contributed by atoms with E-state index in [1.807, 2.05) is 18.2 Å². The third kappa shape index (κ3) is 5.48. The summed E-state index contributed by atoms with van der Waals surface area (Å²) in [7, 11) is 2.08. The van der Waals surface area contributed by atoms with Crippen molar-refractivity contribution >= 4 is 0 Å². The van der Waals surface area contributed by atoms with Crippen LogP contribution in [0.1, 0.15) is 51.1 Å². The van der Waals surface area contributed by atoms with Gasteiger partial charge in [-0.1, -0.05) is 62.2 Å². The van der Waals surface area contributed by atoms with Crippen LogP contribution < -0.4 is 0 Å². The zero-order valence-corrected chi connectivity index (χ0v) is 13.1. The summed E-state index contributed by atoms with van der Waals surface area (Å²) in [5, 5.41) is 9.67. The van der Waals surface area contributed by atoms with E-state index in [4.69, 9.17) is 0 Å². The van der Waals surface area contributed by atoms with Gasteiger partial charge in [-0.15, -0.1) is 0 Å². The molecule has 20 heavy (non-hydrogen) atoms. The minimum absolute atomic E-state index is 0.0616. The van der Waals surface area contributed by atoms with Gasteiger partial charge in [0.2, 0.25) is 0 Å². The molecular formula is C18H29NO. The molecule has 0 saturated carbocycles. The van der Waals surface area contributed by atoms with Crippen molar-refractivity contribution in [2.45, 2.75) is 51.6 Å². The van der Waals surface area contributed by atoms with Crippen molar-refractivity contribution in [1.82, 2.24) is 4.90 Å². The van der Waals surface area contributed by atoms with E-state index in [2.05, 4.69) is 50.1 Å². The lowest BCUT2D eigenvalue weighted by Gasteiger charge is -2.30. The van der Waals surface area contributed by atoms with Crippen molar-refractivity contribution in [1.29, 1.82) is 0 Å². The van der Waals surface area contributed by atoms with Crippen LogP contribution in [-0.4, -0.2) is 29.7 Å². The van der Waals surface area contributed by atoms with Crippen molar-refractivity contribution in [3.63, 3.8) is 0 Å². The van der Waals surface area contributed by atoms with Crippen LogP contribution in [0.15, 0.2) is 42.5 Å². The van der Waals surface area contributed by atoms with E-state index in [0.29, 0.717) is 6.04 Å². The van der Waals surface area contributed by atoms with E-state index in [1.54, 1.807) is 0 Å². The monoisotopic (exact) mass is 275 g/mol. The SMILES string of the molecule is CCCCC/C=C/[C@@H](C)N(C)[C@@H](CO)c1ccccc1. The number of rotatable bonds is 9. The summed E-state index contributed by atoms with van der Waals surface area (Å²) >= 11 is 0. The third-order valence-electron chi connectivity index (χ3n) is 3.88. The summed E-state index contributed by atoms with van der Waals surface area (Å²) in [6.45, 7) is 4.56. The molecule has 1 N–H and O–H groups in total. The largest absolute Gasteiger partial charge is 0.394 e. The van der Waals surface area contributed by atoms with E-state index in [1.165, 1.54) is 24.8 Å². The maximum absolute atomic E-state index is 9.67. The number of likely N-dealkylation sites (N-methyl/N-ethyl adjacent to an activating group) is 1. The van der Waals surface area contributed by atoms with Gasteiger partial charge in [0, 0.05) is 6.04 Å². The highest BCUT2D eigenvalue weighted by atomic mass is 16.3. The summed E-state index contributed by atoms with van der Waals surface area (Å²) < 4.78 is 0. The average molecular weight is 275 g/mol. The fourth-order valence-electron chi connectivity index (χ4n) is 2.37. The minimum atomic E-state index is 0.0616. The Morgan fingerprint density at radius 3 is 2.50 bits per heavy atom. The van der Waals surface area contributed by atoms with Crippen molar-refractivity contribution in [2.75, 3.05) is 13.7 Å². The van der Waals surface area contributed by atoms with Crippen LogP contribution in [0.2, 0.25) is 0 Å². The molecule has 2 atom stereocenters. The Morgan fingerprint density at radius 1 is 1.20 bits per heavy atom. The number of unbranched alkanes of at least 4 members (excludes halogenated alkanes) is 3. The molecule has 0 fully saturated rings. The molecule has 0 spiro atoms. The lowest BCUT2D eigenvalue weighted by molar-refractivity contribution is 0.131. The van der Waals surface area contributed by atoms with Crippen LogP contribution in [0.5, 0.6) is 0 Å². The molecule has 0 aliphatic rings. The first-order valence-corrected chi connectivity index (χ1v) is 7.75. The zero-order chi connectivity index (χ0) is 14.8. The normalized spacial score (nSPS) is 14.8. The number of hydrogen-bond donors (Lipinski definition) is 1. The highest BCUT2D eigenvalue weighted by Crippen LogP contribution is 2.21. The highest BCUT2D eigenvalue weighted by molar-refractivity contribution is 5.19. The molecule has 0 aliphatic heterocycles. The first-order valence-electron chi connectivity index (χ1n) is 7.75. The maximum atomic E-state index is 9.67. The van der Waals surface area contributed by atoms with Gasteiger partial charge in [0.05, 0.1) is 12.6 Å². The number of benzene rings is 1. The second-order valence-corrected chi connectivity index (χ2v) is 5.44. The molecule has 0 saturated heterocycles. The van der Waals surface area contributed by atoms with Gasteiger partial charge in [-0.3, -0.25) is 4.90 Å². The fraction of sp³-hybridized carbons (Fsp3) is 0.556. The van der Waals surface area contributed by atoms with E-state index < -0.39 is 0 Å². The van der Waals surface area contributed by atoms with E-state index in [0.717, 1.165) is 6.42 Å². The molecule has 1 rings (SSSR count). The Kier molecular flexibility index (Phi) is 8.24. The van der Waals surface area contributed by atoms with Crippen molar-refractivity contribution < 1.29 is 5.11 Å².